The smallest absolute Gasteiger partial charge is 0.322 e. The highest BCUT2D eigenvalue weighted by atomic mass is 16.5. The number of carbonyl (C=O) groups excluding carboxylic acids is 1. The number of ether oxygens (including phenoxy) is 2. The molecule has 1 fully saturated rings. The Morgan fingerprint density at radius 2 is 2.25 bits per heavy atom. The predicted molar refractivity (Wildman–Crippen MR) is 83.8 cm³/mol. The minimum Gasteiger partial charge on any atom is -0.480 e. The van der Waals surface area contributed by atoms with Gasteiger partial charge in [-0.2, -0.15) is 0 Å². The molecule has 3 rings (SSSR count). The highest BCUT2D eigenvalue weighted by Crippen LogP contribution is 2.26. The Hall–Kier alpha value is -2.68. The minimum absolute atomic E-state index is 0.301. The van der Waals surface area contributed by atoms with Gasteiger partial charge in [-0.25, -0.2) is 9.78 Å². The van der Waals surface area contributed by atoms with E-state index in [1.54, 1.807) is 24.1 Å². The molecule has 0 bridgehead atoms. The lowest BCUT2D eigenvalue weighted by atomic mass is 10.2. The molecule has 2 amide bonds. The first-order valence-electron chi connectivity index (χ1n) is 7.54. The summed E-state index contributed by atoms with van der Waals surface area (Å²) in [4.78, 5) is 18.5. The number of carbonyl (C=O) groups is 1. The van der Waals surface area contributed by atoms with Crippen molar-refractivity contribution in [1.82, 2.24) is 20.1 Å². The first kappa shape index (κ1) is 16.2. The zero-order valence-corrected chi connectivity index (χ0v) is 13.8. The molecular weight excluding hydrogens is 314 g/mol. The maximum Gasteiger partial charge on any atom is 0.322 e. The average molecular weight is 333 g/mol. The van der Waals surface area contributed by atoms with E-state index in [2.05, 4.69) is 20.5 Å². The van der Waals surface area contributed by atoms with Gasteiger partial charge in [-0.05, 0) is 18.6 Å². The maximum atomic E-state index is 12.7. The summed E-state index contributed by atoms with van der Waals surface area (Å²) in [6, 6.07) is 1.07. The van der Waals surface area contributed by atoms with Gasteiger partial charge in [0.2, 0.25) is 17.7 Å². The number of amides is 2. The fraction of sp³-hybridized carbons (Fsp3) is 0.467. The Morgan fingerprint density at radius 1 is 1.42 bits per heavy atom. The van der Waals surface area contributed by atoms with Crippen LogP contribution in [0, 0.1) is 13.8 Å². The van der Waals surface area contributed by atoms with Crippen LogP contribution in [0.1, 0.15) is 23.4 Å². The molecule has 9 nitrogen and oxygen atoms in total. The van der Waals surface area contributed by atoms with Crippen molar-refractivity contribution in [2.24, 2.45) is 0 Å². The van der Waals surface area contributed by atoms with Crippen molar-refractivity contribution in [3.63, 3.8) is 0 Å². The molecule has 0 saturated carbocycles. The molecule has 0 aromatic carbocycles. The predicted octanol–water partition coefficient (Wildman–Crippen LogP) is 1.70. The molecule has 0 unspecified atom stereocenters. The molecule has 24 heavy (non-hydrogen) atoms. The van der Waals surface area contributed by atoms with Crippen molar-refractivity contribution in [2.75, 3.05) is 32.2 Å². The van der Waals surface area contributed by atoms with E-state index in [-0.39, 0.29) is 6.03 Å². The standard InChI is InChI=1S/C15H19N5O4/c1-9-6-11(13(22-3)16-7-9)17-15(21)20-4-5-23-8-12(20)14-19-18-10(2)24-14/h6-7,12H,4-5,8H2,1-3H3,(H,17,21)/t12-/m1/s1. The van der Waals surface area contributed by atoms with Gasteiger partial charge in [0.1, 0.15) is 11.7 Å². The van der Waals surface area contributed by atoms with Gasteiger partial charge in [0.15, 0.2) is 0 Å². The topological polar surface area (TPSA) is 103 Å². The van der Waals surface area contributed by atoms with Crippen LogP contribution < -0.4 is 10.1 Å². The lowest BCUT2D eigenvalue weighted by Gasteiger charge is -2.33. The number of rotatable bonds is 3. The van der Waals surface area contributed by atoms with E-state index in [9.17, 15) is 4.79 Å². The first-order chi connectivity index (χ1) is 11.6. The fourth-order valence-corrected chi connectivity index (χ4v) is 2.49. The Balaban J connectivity index is 1.81. The summed E-state index contributed by atoms with van der Waals surface area (Å²) >= 11 is 0. The van der Waals surface area contributed by atoms with Gasteiger partial charge in [-0.3, -0.25) is 0 Å². The summed E-state index contributed by atoms with van der Waals surface area (Å²) in [7, 11) is 1.51. The highest BCUT2D eigenvalue weighted by Gasteiger charge is 2.33. The second-order valence-electron chi connectivity index (χ2n) is 5.44. The summed E-state index contributed by atoms with van der Waals surface area (Å²) in [5.74, 6) is 1.16. The lowest BCUT2D eigenvalue weighted by Crippen LogP contribution is -2.45. The molecule has 9 heteroatoms. The third kappa shape index (κ3) is 3.30. The molecule has 0 radical (unpaired) electrons. The highest BCUT2D eigenvalue weighted by molar-refractivity contribution is 5.91. The van der Waals surface area contributed by atoms with Crippen LogP contribution >= 0.6 is 0 Å². The van der Waals surface area contributed by atoms with Crippen LogP contribution in [0.15, 0.2) is 16.7 Å². The van der Waals surface area contributed by atoms with E-state index in [0.717, 1.165) is 5.56 Å². The maximum absolute atomic E-state index is 12.7. The summed E-state index contributed by atoms with van der Waals surface area (Å²) in [5, 5.41) is 10.7. The monoisotopic (exact) mass is 333 g/mol. The van der Waals surface area contributed by atoms with Crippen molar-refractivity contribution >= 4 is 11.7 Å². The van der Waals surface area contributed by atoms with Gasteiger partial charge >= 0.3 is 6.03 Å². The third-order valence-electron chi connectivity index (χ3n) is 3.64. The molecule has 1 aliphatic heterocycles. The van der Waals surface area contributed by atoms with Crippen molar-refractivity contribution in [1.29, 1.82) is 0 Å². The summed E-state index contributed by atoms with van der Waals surface area (Å²) in [5.41, 5.74) is 1.42. The number of aromatic nitrogens is 3. The summed E-state index contributed by atoms with van der Waals surface area (Å²) < 4.78 is 16.1. The van der Waals surface area contributed by atoms with Crippen LogP contribution in [0.2, 0.25) is 0 Å². The third-order valence-corrected chi connectivity index (χ3v) is 3.64. The summed E-state index contributed by atoms with van der Waals surface area (Å²) in [6.45, 7) is 4.76. The molecule has 1 atom stereocenters. The number of nitrogens with one attached hydrogen (secondary N) is 1. The second kappa shape index (κ2) is 6.83. The van der Waals surface area contributed by atoms with Crippen molar-refractivity contribution in [2.45, 2.75) is 19.9 Å². The normalized spacial score (nSPS) is 17.6. The average Bonchev–Trinajstić information content (AvgIpc) is 3.01. The number of hydrogen-bond donors (Lipinski definition) is 1. The van der Waals surface area contributed by atoms with Gasteiger partial charge in [0.25, 0.3) is 0 Å². The number of nitrogens with zero attached hydrogens (tertiary/aromatic N) is 4. The van der Waals surface area contributed by atoms with Gasteiger partial charge in [0, 0.05) is 19.7 Å². The molecular formula is C15H19N5O4. The van der Waals surface area contributed by atoms with Crippen LogP contribution in [-0.2, 0) is 4.74 Å². The van der Waals surface area contributed by atoms with Gasteiger partial charge in [-0.15, -0.1) is 10.2 Å². The zero-order valence-electron chi connectivity index (χ0n) is 13.8. The molecule has 3 heterocycles. The summed E-state index contributed by atoms with van der Waals surface area (Å²) in [6.07, 6.45) is 1.67. The molecule has 0 aliphatic carbocycles. The van der Waals surface area contributed by atoms with Gasteiger partial charge in [-0.1, -0.05) is 0 Å². The molecule has 1 aliphatic rings. The minimum atomic E-state index is -0.427. The van der Waals surface area contributed by atoms with E-state index in [1.165, 1.54) is 7.11 Å². The molecule has 0 spiro atoms. The largest absolute Gasteiger partial charge is 0.480 e. The fourth-order valence-electron chi connectivity index (χ4n) is 2.49. The van der Waals surface area contributed by atoms with Gasteiger partial charge in [0.05, 0.1) is 20.3 Å². The molecule has 2 aromatic heterocycles. The molecule has 1 N–H and O–H groups in total. The van der Waals surface area contributed by atoms with E-state index in [4.69, 9.17) is 13.9 Å². The Labute approximate surface area is 139 Å². The number of methoxy groups -OCH3 is 1. The molecule has 1 saturated heterocycles. The number of aryl methyl sites for hydroxylation is 2. The number of anilines is 1. The van der Waals surface area contributed by atoms with Crippen LogP contribution in [0.5, 0.6) is 5.88 Å². The molecule has 128 valence electrons. The van der Waals surface area contributed by atoms with Gasteiger partial charge < -0.3 is 24.1 Å². The molecule has 2 aromatic rings. The van der Waals surface area contributed by atoms with E-state index < -0.39 is 6.04 Å². The van der Waals surface area contributed by atoms with Crippen LogP contribution in [0.4, 0.5) is 10.5 Å². The number of morpholine rings is 1. The Bertz CT molecular complexity index is 732. The second-order valence-corrected chi connectivity index (χ2v) is 5.44. The van der Waals surface area contributed by atoms with E-state index in [0.29, 0.717) is 43.1 Å². The quantitative estimate of drug-likeness (QED) is 0.911. The van der Waals surface area contributed by atoms with Crippen molar-refractivity contribution < 1.29 is 18.7 Å². The van der Waals surface area contributed by atoms with Crippen LogP contribution in [0.25, 0.3) is 0 Å². The Kier molecular flexibility index (Phi) is 4.61. The van der Waals surface area contributed by atoms with Crippen molar-refractivity contribution in [3.8, 4) is 5.88 Å². The zero-order chi connectivity index (χ0) is 17.1. The Morgan fingerprint density at radius 3 is 2.96 bits per heavy atom. The van der Waals surface area contributed by atoms with Crippen LogP contribution in [-0.4, -0.2) is 53.0 Å². The number of urea groups is 1. The lowest BCUT2D eigenvalue weighted by molar-refractivity contribution is 0.00510. The SMILES string of the molecule is COc1ncc(C)cc1NC(=O)N1CCOC[C@@H]1c1nnc(C)o1. The van der Waals surface area contributed by atoms with E-state index >= 15 is 0 Å². The van der Waals surface area contributed by atoms with Crippen molar-refractivity contribution in [3.05, 3.63) is 29.6 Å². The number of pyridine rings is 1. The first-order valence-corrected chi connectivity index (χ1v) is 7.54. The van der Waals surface area contributed by atoms with E-state index in [1.807, 2.05) is 6.92 Å². The van der Waals surface area contributed by atoms with Crippen LogP contribution in [0.3, 0.4) is 0 Å². The number of hydrogen-bond acceptors (Lipinski definition) is 7.